The van der Waals surface area contributed by atoms with Crippen LogP contribution in [-0.2, 0) is 7.05 Å². The molecular formula is C10H19N3O. The van der Waals surface area contributed by atoms with Crippen LogP contribution in [0.25, 0.3) is 0 Å². The molecule has 0 aliphatic carbocycles. The third-order valence-electron chi connectivity index (χ3n) is 2.42. The molecule has 4 nitrogen and oxygen atoms in total. The molecule has 0 bridgehead atoms. The van der Waals surface area contributed by atoms with Gasteiger partial charge in [-0.25, -0.2) is 4.68 Å². The standard InChI is InChI=1S/C10H19N3O/c1-6(2)9-8(11)10(14)13(7(3)4)12(9)5/h6-7H,11H2,1-5H3. The molecular weight excluding hydrogens is 178 g/mol. The van der Waals surface area contributed by atoms with Crippen molar-refractivity contribution in [2.24, 2.45) is 7.05 Å². The van der Waals surface area contributed by atoms with Gasteiger partial charge in [0, 0.05) is 13.1 Å². The molecule has 1 heterocycles. The fourth-order valence-corrected chi connectivity index (χ4v) is 1.93. The molecule has 14 heavy (non-hydrogen) atoms. The second-order valence-corrected chi connectivity index (χ2v) is 4.22. The number of hydrogen-bond acceptors (Lipinski definition) is 2. The predicted molar refractivity (Wildman–Crippen MR) is 58.6 cm³/mol. The number of nitrogen functional groups attached to an aromatic ring is 1. The van der Waals surface area contributed by atoms with Gasteiger partial charge in [-0.05, 0) is 19.8 Å². The molecule has 0 unspecified atom stereocenters. The molecule has 0 saturated carbocycles. The van der Waals surface area contributed by atoms with Crippen molar-refractivity contribution in [3.8, 4) is 0 Å². The Morgan fingerprint density at radius 3 is 1.93 bits per heavy atom. The Balaban J connectivity index is 3.50. The maximum Gasteiger partial charge on any atom is 0.290 e. The van der Waals surface area contributed by atoms with Gasteiger partial charge < -0.3 is 5.73 Å². The summed E-state index contributed by atoms with van der Waals surface area (Å²) in [6.07, 6.45) is 0. The van der Waals surface area contributed by atoms with Crippen LogP contribution in [0, 0.1) is 0 Å². The molecule has 0 aromatic carbocycles. The van der Waals surface area contributed by atoms with E-state index in [2.05, 4.69) is 0 Å². The van der Waals surface area contributed by atoms with Crippen LogP contribution >= 0.6 is 0 Å². The SMILES string of the molecule is CC(C)c1c(N)c(=O)n(C(C)C)n1C. The van der Waals surface area contributed by atoms with Gasteiger partial charge in [0.25, 0.3) is 5.56 Å². The maximum absolute atomic E-state index is 11.8. The molecule has 2 N–H and O–H groups in total. The Morgan fingerprint density at radius 2 is 1.71 bits per heavy atom. The topological polar surface area (TPSA) is 53.0 Å². The second kappa shape index (κ2) is 3.52. The summed E-state index contributed by atoms with van der Waals surface area (Å²) in [4.78, 5) is 11.8. The quantitative estimate of drug-likeness (QED) is 0.780. The highest BCUT2D eigenvalue weighted by atomic mass is 16.1. The van der Waals surface area contributed by atoms with Crippen molar-refractivity contribution in [1.29, 1.82) is 0 Å². The van der Waals surface area contributed by atoms with Gasteiger partial charge in [-0.15, -0.1) is 0 Å². The first-order valence-corrected chi connectivity index (χ1v) is 4.94. The minimum absolute atomic E-state index is 0.0776. The summed E-state index contributed by atoms with van der Waals surface area (Å²) < 4.78 is 3.55. The highest BCUT2D eigenvalue weighted by molar-refractivity contribution is 5.43. The third kappa shape index (κ3) is 1.45. The van der Waals surface area contributed by atoms with Crippen LogP contribution < -0.4 is 11.3 Å². The summed E-state index contributed by atoms with van der Waals surface area (Å²) in [7, 11) is 1.88. The molecule has 0 radical (unpaired) electrons. The van der Waals surface area contributed by atoms with E-state index in [9.17, 15) is 4.79 Å². The van der Waals surface area contributed by atoms with Gasteiger partial charge in [-0.3, -0.25) is 9.48 Å². The Kier molecular flexibility index (Phi) is 2.73. The molecule has 4 heteroatoms. The van der Waals surface area contributed by atoms with Crippen molar-refractivity contribution in [2.45, 2.75) is 39.7 Å². The van der Waals surface area contributed by atoms with Gasteiger partial charge in [0.15, 0.2) is 0 Å². The molecule has 80 valence electrons. The normalized spacial score (nSPS) is 11.6. The van der Waals surface area contributed by atoms with Crippen LogP contribution in [0.3, 0.4) is 0 Å². The molecule has 0 saturated heterocycles. The molecule has 1 aromatic rings. The first-order valence-electron chi connectivity index (χ1n) is 4.94. The molecule has 1 rings (SSSR count). The van der Waals surface area contributed by atoms with Gasteiger partial charge >= 0.3 is 0 Å². The summed E-state index contributed by atoms with van der Waals surface area (Å²) in [6.45, 7) is 8.03. The van der Waals surface area contributed by atoms with E-state index < -0.39 is 0 Å². The zero-order chi connectivity index (χ0) is 11.0. The van der Waals surface area contributed by atoms with E-state index in [4.69, 9.17) is 5.73 Å². The maximum atomic E-state index is 11.8. The Bertz CT molecular complexity index is 385. The van der Waals surface area contributed by atoms with Gasteiger partial charge in [0.05, 0.1) is 5.69 Å². The lowest BCUT2D eigenvalue weighted by atomic mass is 10.1. The number of anilines is 1. The van der Waals surface area contributed by atoms with Crippen LogP contribution in [-0.4, -0.2) is 9.36 Å². The van der Waals surface area contributed by atoms with Crippen molar-refractivity contribution in [3.63, 3.8) is 0 Å². The predicted octanol–water partition coefficient (Wildman–Crippen LogP) is 1.47. The molecule has 0 aliphatic rings. The van der Waals surface area contributed by atoms with Gasteiger partial charge in [-0.1, -0.05) is 13.8 Å². The number of rotatable bonds is 2. The van der Waals surface area contributed by atoms with Crippen LogP contribution in [0.15, 0.2) is 4.79 Å². The molecule has 0 spiro atoms. The van der Waals surface area contributed by atoms with E-state index in [-0.39, 0.29) is 17.5 Å². The van der Waals surface area contributed by atoms with Crippen LogP contribution in [0.4, 0.5) is 5.69 Å². The fraction of sp³-hybridized carbons (Fsp3) is 0.700. The van der Waals surface area contributed by atoms with E-state index in [1.807, 2.05) is 39.4 Å². The minimum atomic E-state index is -0.0776. The van der Waals surface area contributed by atoms with Crippen molar-refractivity contribution >= 4 is 5.69 Å². The van der Waals surface area contributed by atoms with Crippen LogP contribution in [0.2, 0.25) is 0 Å². The lowest BCUT2D eigenvalue weighted by molar-refractivity contribution is 0.424. The van der Waals surface area contributed by atoms with E-state index in [0.29, 0.717) is 5.69 Å². The zero-order valence-corrected chi connectivity index (χ0v) is 9.53. The van der Waals surface area contributed by atoms with Gasteiger partial charge in [0.2, 0.25) is 0 Å². The second-order valence-electron chi connectivity index (χ2n) is 4.22. The smallest absolute Gasteiger partial charge is 0.290 e. The average Bonchev–Trinajstić information content (AvgIpc) is 2.23. The summed E-state index contributed by atoms with van der Waals surface area (Å²) in [5.41, 5.74) is 7.02. The van der Waals surface area contributed by atoms with Crippen molar-refractivity contribution in [1.82, 2.24) is 9.36 Å². The largest absolute Gasteiger partial charge is 0.393 e. The molecule has 0 atom stereocenters. The van der Waals surface area contributed by atoms with Crippen LogP contribution in [0.5, 0.6) is 0 Å². The van der Waals surface area contributed by atoms with E-state index >= 15 is 0 Å². The zero-order valence-electron chi connectivity index (χ0n) is 9.53. The average molecular weight is 197 g/mol. The fourth-order valence-electron chi connectivity index (χ4n) is 1.93. The Labute approximate surface area is 84.3 Å². The summed E-state index contributed by atoms with van der Waals surface area (Å²) in [6, 6.07) is 0.141. The lowest BCUT2D eigenvalue weighted by Gasteiger charge is -2.14. The Morgan fingerprint density at radius 1 is 1.21 bits per heavy atom. The van der Waals surface area contributed by atoms with Gasteiger partial charge in [0.1, 0.15) is 5.69 Å². The minimum Gasteiger partial charge on any atom is -0.393 e. The number of hydrogen-bond donors (Lipinski definition) is 1. The molecule has 0 amide bonds. The summed E-state index contributed by atoms with van der Waals surface area (Å²) in [5, 5.41) is 0. The summed E-state index contributed by atoms with van der Waals surface area (Å²) in [5.74, 6) is 0.271. The van der Waals surface area contributed by atoms with Crippen molar-refractivity contribution in [3.05, 3.63) is 16.0 Å². The highest BCUT2D eigenvalue weighted by Crippen LogP contribution is 2.19. The first kappa shape index (κ1) is 10.9. The summed E-state index contributed by atoms with van der Waals surface area (Å²) >= 11 is 0. The van der Waals surface area contributed by atoms with E-state index in [1.54, 1.807) is 4.68 Å². The molecule has 0 fully saturated rings. The first-order chi connectivity index (χ1) is 6.37. The monoisotopic (exact) mass is 197 g/mol. The lowest BCUT2D eigenvalue weighted by Crippen LogP contribution is -2.24. The Hall–Kier alpha value is -1.19. The van der Waals surface area contributed by atoms with Crippen LogP contribution in [0.1, 0.15) is 45.3 Å². The van der Waals surface area contributed by atoms with E-state index in [1.165, 1.54) is 0 Å². The number of nitrogens with two attached hydrogens (primary N) is 1. The van der Waals surface area contributed by atoms with Crippen molar-refractivity contribution < 1.29 is 0 Å². The number of aromatic nitrogens is 2. The highest BCUT2D eigenvalue weighted by Gasteiger charge is 2.18. The van der Waals surface area contributed by atoms with Gasteiger partial charge in [-0.2, -0.15) is 0 Å². The molecule has 0 aliphatic heterocycles. The van der Waals surface area contributed by atoms with Crippen molar-refractivity contribution in [2.75, 3.05) is 5.73 Å². The van der Waals surface area contributed by atoms with E-state index in [0.717, 1.165) is 5.69 Å². The molecule has 1 aromatic heterocycles. The number of nitrogens with zero attached hydrogens (tertiary/aromatic N) is 2. The third-order valence-corrected chi connectivity index (χ3v) is 2.42.